The summed E-state index contributed by atoms with van der Waals surface area (Å²) in [6, 6.07) is 0.995. The van der Waals surface area contributed by atoms with Gasteiger partial charge in [0, 0.05) is 13.4 Å². The van der Waals surface area contributed by atoms with E-state index < -0.39 is 11.4 Å². The summed E-state index contributed by atoms with van der Waals surface area (Å²) in [4.78, 5) is 11.5. The Morgan fingerprint density at radius 3 is 2.81 bits per heavy atom. The average Bonchev–Trinajstić information content (AvgIpc) is 2.35. The second-order valence-corrected chi connectivity index (χ2v) is 4.35. The molecular weight excluding hydrogens is 209 g/mol. The van der Waals surface area contributed by atoms with Crippen LogP contribution in [0.4, 0.5) is 4.39 Å². The summed E-state index contributed by atoms with van der Waals surface area (Å²) in [7, 11) is 0. The SMILES string of the molecule is [2H]Cc1cc(=O)n(O)c(C2CCCCC2)c1F. The molecule has 1 aromatic rings. The smallest absolute Gasteiger partial charge is 0.283 e. The first kappa shape index (κ1) is 9.87. The van der Waals surface area contributed by atoms with Gasteiger partial charge in [-0.2, -0.15) is 0 Å². The Morgan fingerprint density at radius 2 is 2.19 bits per heavy atom. The maximum atomic E-state index is 14.1. The van der Waals surface area contributed by atoms with E-state index in [0.717, 1.165) is 38.2 Å². The van der Waals surface area contributed by atoms with Crippen LogP contribution in [0.3, 0.4) is 0 Å². The number of halogens is 1. The second-order valence-electron chi connectivity index (χ2n) is 4.35. The molecule has 1 heterocycles. The Bertz CT molecular complexity index is 466. The van der Waals surface area contributed by atoms with Gasteiger partial charge in [-0.25, -0.2) is 4.39 Å². The average molecular weight is 226 g/mol. The van der Waals surface area contributed by atoms with Crippen molar-refractivity contribution in [2.45, 2.75) is 44.9 Å². The van der Waals surface area contributed by atoms with Crippen LogP contribution in [0, 0.1) is 12.7 Å². The summed E-state index contributed by atoms with van der Waals surface area (Å²) in [6.45, 7) is -0.276. The highest BCUT2D eigenvalue weighted by molar-refractivity contribution is 5.22. The third-order valence-corrected chi connectivity index (χ3v) is 3.23. The molecule has 0 atom stereocenters. The van der Waals surface area contributed by atoms with Crippen LogP contribution in [0.5, 0.6) is 0 Å². The first-order valence-electron chi connectivity index (χ1n) is 6.28. The molecule has 1 fully saturated rings. The quantitative estimate of drug-likeness (QED) is 0.748. The Morgan fingerprint density at radius 1 is 1.50 bits per heavy atom. The lowest BCUT2D eigenvalue weighted by atomic mass is 9.86. The zero-order valence-corrected chi connectivity index (χ0v) is 9.08. The van der Waals surface area contributed by atoms with E-state index in [4.69, 9.17) is 1.37 Å². The van der Waals surface area contributed by atoms with Crippen molar-refractivity contribution in [2.75, 3.05) is 0 Å². The Labute approximate surface area is 94.9 Å². The molecule has 4 heteroatoms. The fourth-order valence-corrected chi connectivity index (χ4v) is 2.38. The molecule has 1 aromatic heterocycles. The van der Waals surface area contributed by atoms with Gasteiger partial charge in [0.25, 0.3) is 5.56 Å². The highest BCUT2D eigenvalue weighted by Crippen LogP contribution is 2.33. The van der Waals surface area contributed by atoms with Crippen LogP contribution in [-0.4, -0.2) is 9.94 Å². The van der Waals surface area contributed by atoms with Gasteiger partial charge in [-0.3, -0.25) is 4.79 Å². The van der Waals surface area contributed by atoms with E-state index in [1.54, 1.807) is 0 Å². The molecule has 1 N–H and O–H groups in total. The van der Waals surface area contributed by atoms with Gasteiger partial charge < -0.3 is 5.21 Å². The topological polar surface area (TPSA) is 42.2 Å². The lowest BCUT2D eigenvalue weighted by molar-refractivity contribution is 0.151. The second kappa shape index (κ2) is 4.28. The number of aromatic nitrogens is 1. The Hall–Kier alpha value is -1.32. The van der Waals surface area contributed by atoms with E-state index in [1.807, 2.05) is 0 Å². The van der Waals surface area contributed by atoms with Crippen molar-refractivity contribution in [3.05, 3.63) is 33.5 Å². The Kier molecular flexibility index (Phi) is 2.64. The highest BCUT2D eigenvalue weighted by Gasteiger charge is 2.24. The van der Waals surface area contributed by atoms with Crippen LogP contribution < -0.4 is 5.56 Å². The van der Waals surface area contributed by atoms with E-state index in [0.29, 0.717) is 4.73 Å². The highest BCUT2D eigenvalue weighted by atomic mass is 19.1. The molecule has 2 rings (SSSR count). The lowest BCUT2D eigenvalue weighted by Crippen LogP contribution is -2.26. The molecule has 0 amide bonds. The summed E-state index contributed by atoms with van der Waals surface area (Å²) in [5.41, 5.74) is -0.505. The fraction of sp³-hybridized carbons (Fsp3) is 0.583. The van der Waals surface area contributed by atoms with Gasteiger partial charge in [-0.15, -0.1) is 4.73 Å². The summed E-state index contributed by atoms with van der Waals surface area (Å²) in [5, 5.41) is 9.65. The molecule has 1 aliphatic rings. The van der Waals surface area contributed by atoms with E-state index in [2.05, 4.69) is 0 Å². The monoisotopic (exact) mass is 226 g/mol. The third-order valence-electron chi connectivity index (χ3n) is 3.23. The van der Waals surface area contributed by atoms with E-state index in [9.17, 15) is 14.4 Å². The van der Waals surface area contributed by atoms with Crippen LogP contribution in [0.1, 0.15) is 50.7 Å². The van der Waals surface area contributed by atoms with E-state index >= 15 is 0 Å². The molecule has 0 saturated heterocycles. The van der Waals surface area contributed by atoms with Gasteiger partial charge in [0.2, 0.25) is 0 Å². The first-order valence-corrected chi connectivity index (χ1v) is 5.58. The minimum Gasteiger partial charge on any atom is -0.425 e. The van der Waals surface area contributed by atoms with Crippen molar-refractivity contribution in [3.8, 4) is 0 Å². The van der Waals surface area contributed by atoms with Crippen molar-refractivity contribution in [3.63, 3.8) is 0 Å². The molecule has 88 valence electrons. The van der Waals surface area contributed by atoms with Crippen LogP contribution in [-0.2, 0) is 0 Å². The molecule has 1 saturated carbocycles. The molecule has 16 heavy (non-hydrogen) atoms. The number of pyridine rings is 1. The third kappa shape index (κ3) is 1.84. The largest absolute Gasteiger partial charge is 0.425 e. The van der Waals surface area contributed by atoms with Gasteiger partial charge in [0.05, 0.1) is 0 Å². The van der Waals surface area contributed by atoms with Crippen molar-refractivity contribution < 1.29 is 11.0 Å². The molecule has 3 nitrogen and oxygen atoms in total. The van der Waals surface area contributed by atoms with Gasteiger partial charge in [0.15, 0.2) is 0 Å². The van der Waals surface area contributed by atoms with Crippen molar-refractivity contribution in [2.24, 2.45) is 0 Å². The normalized spacial score (nSPS) is 18.4. The minimum atomic E-state index is -0.644. The Balaban J connectivity index is 2.50. The van der Waals surface area contributed by atoms with Crippen molar-refractivity contribution in [1.29, 1.82) is 0 Å². The maximum absolute atomic E-state index is 14.1. The van der Waals surface area contributed by atoms with Crippen LogP contribution in [0.2, 0.25) is 0 Å². The van der Waals surface area contributed by atoms with Crippen LogP contribution >= 0.6 is 0 Å². The zero-order chi connectivity index (χ0) is 12.4. The fourth-order valence-electron chi connectivity index (χ4n) is 2.38. The molecule has 0 aromatic carbocycles. The predicted octanol–water partition coefficient (Wildman–Crippen LogP) is 2.58. The molecule has 0 unspecified atom stereocenters. The standard InChI is InChI=1S/C12H16FNO2/c1-8-7-10(15)14(16)12(11(8)13)9-5-3-2-4-6-9/h7,9,16H,2-6H2,1H3/i1D. The van der Waals surface area contributed by atoms with Crippen LogP contribution in [0.15, 0.2) is 10.9 Å². The van der Waals surface area contributed by atoms with Gasteiger partial charge >= 0.3 is 0 Å². The summed E-state index contributed by atoms with van der Waals surface area (Å²) < 4.78 is 21.7. The summed E-state index contributed by atoms with van der Waals surface area (Å²) in [6.07, 6.45) is 4.68. The maximum Gasteiger partial charge on any atom is 0.283 e. The molecular formula is C12H16FNO2. The van der Waals surface area contributed by atoms with Crippen molar-refractivity contribution >= 4 is 0 Å². The molecule has 0 bridgehead atoms. The molecule has 0 radical (unpaired) electrons. The zero-order valence-electron chi connectivity index (χ0n) is 10.1. The van der Waals surface area contributed by atoms with Gasteiger partial charge in [-0.1, -0.05) is 19.3 Å². The minimum absolute atomic E-state index is 0.0689. The number of aryl methyl sites for hydroxylation is 1. The number of rotatable bonds is 1. The molecule has 0 spiro atoms. The van der Waals surface area contributed by atoms with E-state index in [1.165, 1.54) is 0 Å². The van der Waals surface area contributed by atoms with Gasteiger partial charge in [-0.05, 0) is 25.3 Å². The molecule has 1 aliphatic carbocycles. The number of hydrogen-bond donors (Lipinski definition) is 1. The lowest BCUT2D eigenvalue weighted by Gasteiger charge is -2.23. The number of hydrogen-bond acceptors (Lipinski definition) is 2. The first-order chi connectivity index (χ1) is 8.15. The summed E-state index contributed by atoms with van der Waals surface area (Å²) in [5.74, 6) is -0.693. The molecule has 0 aliphatic heterocycles. The van der Waals surface area contributed by atoms with Gasteiger partial charge in [0.1, 0.15) is 11.5 Å². The summed E-state index contributed by atoms with van der Waals surface area (Å²) >= 11 is 0. The predicted molar refractivity (Wildman–Crippen MR) is 58.4 cm³/mol. The van der Waals surface area contributed by atoms with E-state index in [-0.39, 0.29) is 24.1 Å². The van der Waals surface area contributed by atoms with Crippen LogP contribution in [0.25, 0.3) is 0 Å². The van der Waals surface area contributed by atoms with Crippen molar-refractivity contribution in [1.82, 2.24) is 4.73 Å². The number of nitrogens with zero attached hydrogens (tertiary/aromatic N) is 1.